The monoisotopic (exact) mass is 400 g/mol. The molecule has 1 aromatic heterocycles. The zero-order valence-corrected chi connectivity index (χ0v) is 16.8. The van der Waals surface area contributed by atoms with Crippen LogP contribution in [0.1, 0.15) is 17.3 Å². The van der Waals surface area contributed by atoms with E-state index in [9.17, 15) is 4.79 Å². The molecule has 144 valence electrons. The highest BCUT2D eigenvalue weighted by Crippen LogP contribution is 2.28. The Balaban J connectivity index is 1.49. The standard InChI is InChI=1S/C24H20N2O2S/c1-2-28-22-11-7-6-10-20(22)23(27)26-24-25-21(16-29-24)19-14-12-18(13-15-19)17-8-4-3-5-9-17/h3-16H,2H2,1H3,(H,25,26,27). The van der Waals surface area contributed by atoms with Crippen LogP contribution in [0.2, 0.25) is 0 Å². The third kappa shape index (κ3) is 4.36. The molecular weight excluding hydrogens is 380 g/mol. The SMILES string of the molecule is CCOc1ccccc1C(=O)Nc1nc(-c2ccc(-c3ccccc3)cc2)cs1. The zero-order chi connectivity index (χ0) is 20.1. The van der Waals surface area contributed by atoms with Crippen molar-refractivity contribution in [3.05, 3.63) is 89.8 Å². The number of amides is 1. The van der Waals surface area contributed by atoms with Gasteiger partial charge in [0.05, 0.1) is 17.9 Å². The minimum Gasteiger partial charge on any atom is -0.493 e. The molecule has 0 radical (unpaired) electrons. The third-order valence-electron chi connectivity index (χ3n) is 4.44. The molecule has 0 spiro atoms. The fourth-order valence-electron chi connectivity index (χ4n) is 3.03. The summed E-state index contributed by atoms with van der Waals surface area (Å²) in [6.45, 7) is 2.40. The van der Waals surface area contributed by atoms with Gasteiger partial charge in [0.15, 0.2) is 5.13 Å². The number of thiazole rings is 1. The molecule has 0 aliphatic rings. The van der Waals surface area contributed by atoms with Crippen LogP contribution in [-0.4, -0.2) is 17.5 Å². The predicted octanol–water partition coefficient (Wildman–Crippen LogP) is 6.13. The molecule has 0 aliphatic carbocycles. The zero-order valence-electron chi connectivity index (χ0n) is 16.0. The molecule has 0 saturated heterocycles. The van der Waals surface area contributed by atoms with E-state index in [-0.39, 0.29) is 5.91 Å². The number of carbonyl (C=O) groups is 1. The first kappa shape index (κ1) is 18.9. The second-order valence-electron chi connectivity index (χ2n) is 6.36. The summed E-state index contributed by atoms with van der Waals surface area (Å²) in [6, 6.07) is 25.7. The first-order chi connectivity index (χ1) is 14.2. The Morgan fingerprint density at radius 1 is 0.897 bits per heavy atom. The van der Waals surface area contributed by atoms with Crippen molar-refractivity contribution in [3.63, 3.8) is 0 Å². The summed E-state index contributed by atoms with van der Waals surface area (Å²) < 4.78 is 5.54. The van der Waals surface area contributed by atoms with E-state index in [0.717, 1.165) is 16.8 Å². The lowest BCUT2D eigenvalue weighted by Gasteiger charge is -2.08. The van der Waals surface area contributed by atoms with Crippen molar-refractivity contribution < 1.29 is 9.53 Å². The molecule has 4 nitrogen and oxygen atoms in total. The second kappa shape index (κ2) is 8.71. The van der Waals surface area contributed by atoms with E-state index in [4.69, 9.17) is 4.74 Å². The van der Waals surface area contributed by atoms with Gasteiger partial charge in [-0.05, 0) is 30.2 Å². The van der Waals surface area contributed by atoms with Crippen molar-refractivity contribution in [1.29, 1.82) is 0 Å². The molecule has 0 saturated carbocycles. The molecule has 0 atom stereocenters. The van der Waals surface area contributed by atoms with Gasteiger partial charge in [-0.25, -0.2) is 4.98 Å². The highest BCUT2D eigenvalue weighted by molar-refractivity contribution is 7.14. The quantitative estimate of drug-likeness (QED) is 0.424. The van der Waals surface area contributed by atoms with E-state index in [1.54, 1.807) is 12.1 Å². The molecule has 3 aromatic carbocycles. The van der Waals surface area contributed by atoms with Gasteiger partial charge >= 0.3 is 0 Å². The van der Waals surface area contributed by atoms with Crippen molar-refractivity contribution in [1.82, 2.24) is 4.98 Å². The van der Waals surface area contributed by atoms with Gasteiger partial charge in [-0.3, -0.25) is 10.1 Å². The van der Waals surface area contributed by atoms with Gasteiger partial charge in [0.1, 0.15) is 5.75 Å². The van der Waals surface area contributed by atoms with Gasteiger partial charge in [-0.1, -0.05) is 66.7 Å². The molecule has 0 fully saturated rings. The Morgan fingerprint density at radius 2 is 1.55 bits per heavy atom. The number of benzene rings is 3. The Kier molecular flexibility index (Phi) is 5.68. The van der Waals surface area contributed by atoms with Crippen LogP contribution < -0.4 is 10.1 Å². The number of aromatic nitrogens is 1. The number of carbonyl (C=O) groups excluding carboxylic acids is 1. The average molecular weight is 401 g/mol. The van der Waals surface area contributed by atoms with Gasteiger partial charge in [-0.2, -0.15) is 0 Å². The van der Waals surface area contributed by atoms with Crippen molar-refractivity contribution in [3.8, 4) is 28.1 Å². The van der Waals surface area contributed by atoms with Crippen LogP contribution in [0.15, 0.2) is 84.2 Å². The number of anilines is 1. The maximum atomic E-state index is 12.6. The van der Waals surface area contributed by atoms with Crippen LogP contribution in [0, 0.1) is 0 Å². The summed E-state index contributed by atoms with van der Waals surface area (Å²) in [6.07, 6.45) is 0. The van der Waals surface area contributed by atoms with Gasteiger partial charge in [0.25, 0.3) is 5.91 Å². The largest absolute Gasteiger partial charge is 0.493 e. The Morgan fingerprint density at radius 3 is 2.31 bits per heavy atom. The highest BCUT2D eigenvalue weighted by Gasteiger charge is 2.14. The van der Waals surface area contributed by atoms with E-state index in [2.05, 4.69) is 34.6 Å². The Bertz CT molecular complexity index is 1110. The number of rotatable bonds is 6. The smallest absolute Gasteiger partial charge is 0.261 e. The number of nitrogens with zero attached hydrogens (tertiary/aromatic N) is 1. The van der Waals surface area contributed by atoms with Gasteiger partial charge in [-0.15, -0.1) is 11.3 Å². The molecule has 0 bridgehead atoms. The fourth-order valence-corrected chi connectivity index (χ4v) is 3.74. The lowest BCUT2D eigenvalue weighted by molar-refractivity contribution is 0.102. The normalized spacial score (nSPS) is 10.5. The summed E-state index contributed by atoms with van der Waals surface area (Å²) in [5, 5.41) is 5.38. The molecule has 1 heterocycles. The van der Waals surface area contributed by atoms with Crippen molar-refractivity contribution in [2.75, 3.05) is 11.9 Å². The van der Waals surface area contributed by atoms with Gasteiger partial charge in [0, 0.05) is 10.9 Å². The molecule has 0 unspecified atom stereocenters. The van der Waals surface area contributed by atoms with Crippen molar-refractivity contribution >= 4 is 22.4 Å². The first-order valence-corrected chi connectivity index (χ1v) is 10.3. The number of para-hydroxylation sites is 1. The maximum absolute atomic E-state index is 12.6. The van der Waals surface area contributed by atoms with Crippen LogP contribution in [-0.2, 0) is 0 Å². The molecular formula is C24H20N2O2S. The number of ether oxygens (including phenoxy) is 1. The first-order valence-electron chi connectivity index (χ1n) is 9.39. The minimum absolute atomic E-state index is 0.227. The molecule has 1 N–H and O–H groups in total. The van der Waals surface area contributed by atoms with Crippen molar-refractivity contribution in [2.24, 2.45) is 0 Å². The molecule has 5 heteroatoms. The lowest BCUT2D eigenvalue weighted by atomic mass is 10.0. The number of hydrogen-bond acceptors (Lipinski definition) is 4. The summed E-state index contributed by atoms with van der Waals surface area (Å²) in [7, 11) is 0. The molecule has 4 aromatic rings. The summed E-state index contributed by atoms with van der Waals surface area (Å²) >= 11 is 1.40. The van der Waals surface area contributed by atoms with Crippen LogP contribution in [0.3, 0.4) is 0 Å². The fraction of sp³-hybridized carbons (Fsp3) is 0.0833. The third-order valence-corrected chi connectivity index (χ3v) is 5.20. The van der Waals surface area contributed by atoms with E-state index in [1.807, 2.05) is 54.8 Å². The number of nitrogens with one attached hydrogen (secondary N) is 1. The topological polar surface area (TPSA) is 51.2 Å². The van der Waals surface area contributed by atoms with E-state index in [0.29, 0.717) is 23.1 Å². The lowest BCUT2D eigenvalue weighted by Crippen LogP contribution is -2.13. The molecule has 0 aliphatic heterocycles. The second-order valence-corrected chi connectivity index (χ2v) is 7.22. The maximum Gasteiger partial charge on any atom is 0.261 e. The highest BCUT2D eigenvalue weighted by atomic mass is 32.1. The van der Waals surface area contributed by atoms with E-state index >= 15 is 0 Å². The number of hydrogen-bond donors (Lipinski definition) is 1. The summed E-state index contributed by atoms with van der Waals surface area (Å²) in [4.78, 5) is 17.2. The van der Waals surface area contributed by atoms with E-state index < -0.39 is 0 Å². The van der Waals surface area contributed by atoms with Crippen LogP contribution >= 0.6 is 11.3 Å². The Labute approximate surface area is 173 Å². The minimum atomic E-state index is -0.227. The van der Waals surface area contributed by atoms with Crippen molar-refractivity contribution in [2.45, 2.75) is 6.92 Å². The van der Waals surface area contributed by atoms with Crippen LogP contribution in [0.4, 0.5) is 5.13 Å². The van der Waals surface area contributed by atoms with Gasteiger partial charge < -0.3 is 4.74 Å². The van der Waals surface area contributed by atoms with Crippen LogP contribution in [0.5, 0.6) is 5.75 Å². The summed E-state index contributed by atoms with van der Waals surface area (Å²) in [5.41, 5.74) is 4.68. The Hall–Kier alpha value is -3.44. The van der Waals surface area contributed by atoms with Gasteiger partial charge in [0.2, 0.25) is 0 Å². The molecule has 4 rings (SSSR count). The van der Waals surface area contributed by atoms with E-state index in [1.165, 1.54) is 16.9 Å². The molecule has 29 heavy (non-hydrogen) atoms. The average Bonchev–Trinajstić information content (AvgIpc) is 3.23. The van der Waals surface area contributed by atoms with Crippen LogP contribution in [0.25, 0.3) is 22.4 Å². The predicted molar refractivity (Wildman–Crippen MR) is 119 cm³/mol. The summed E-state index contributed by atoms with van der Waals surface area (Å²) in [5.74, 6) is 0.343. The molecule has 1 amide bonds.